The van der Waals surface area contributed by atoms with Crippen LogP contribution in [0.1, 0.15) is 29.8 Å². The van der Waals surface area contributed by atoms with E-state index in [2.05, 4.69) is 31.3 Å². The van der Waals surface area contributed by atoms with Gasteiger partial charge in [-0.2, -0.15) is 18.2 Å². The number of benzene rings is 3. The Hall–Kier alpha value is -3.66. The number of halogens is 4. The van der Waals surface area contributed by atoms with Crippen LogP contribution in [0.15, 0.2) is 77.3 Å². The van der Waals surface area contributed by atoms with Crippen molar-refractivity contribution in [2.24, 2.45) is 0 Å². The molecule has 180 valence electrons. The maximum Gasteiger partial charge on any atom is 0.416 e. The first kappa shape index (κ1) is 24.5. The summed E-state index contributed by atoms with van der Waals surface area (Å²) in [4.78, 5) is 16.8. The number of carbonyl (C=O) groups is 1. The van der Waals surface area contributed by atoms with E-state index in [9.17, 15) is 18.0 Å². The third kappa shape index (κ3) is 5.89. The van der Waals surface area contributed by atoms with Crippen LogP contribution in [0.5, 0.6) is 6.01 Å². The van der Waals surface area contributed by atoms with Gasteiger partial charge in [0.25, 0.3) is 5.91 Å². The van der Waals surface area contributed by atoms with Crippen molar-refractivity contribution < 1.29 is 22.7 Å². The van der Waals surface area contributed by atoms with Gasteiger partial charge in [-0.05, 0) is 68.4 Å². The van der Waals surface area contributed by atoms with Crippen molar-refractivity contribution in [2.75, 3.05) is 5.32 Å². The number of rotatable bonds is 6. The summed E-state index contributed by atoms with van der Waals surface area (Å²) >= 11 is 3.34. The second-order valence-electron chi connectivity index (χ2n) is 7.89. The normalized spacial score (nSPS) is 11.5. The molecule has 0 aliphatic heterocycles. The van der Waals surface area contributed by atoms with E-state index >= 15 is 0 Å². The number of aromatic nitrogens is 3. The van der Waals surface area contributed by atoms with Crippen LogP contribution in [-0.2, 0) is 6.18 Å². The summed E-state index contributed by atoms with van der Waals surface area (Å²) in [5, 5.41) is 7.16. The van der Waals surface area contributed by atoms with Gasteiger partial charge in [-0.25, -0.2) is 4.68 Å². The second kappa shape index (κ2) is 9.91. The molecule has 0 atom stereocenters. The molecule has 4 rings (SSSR count). The van der Waals surface area contributed by atoms with Gasteiger partial charge in [-0.3, -0.25) is 4.79 Å². The van der Waals surface area contributed by atoms with Crippen molar-refractivity contribution in [1.82, 2.24) is 14.8 Å². The van der Waals surface area contributed by atoms with Crippen molar-refractivity contribution in [2.45, 2.75) is 26.1 Å². The molecule has 0 aliphatic rings. The highest BCUT2D eigenvalue weighted by atomic mass is 79.9. The van der Waals surface area contributed by atoms with Crippen LogP contribution in [0.3, 0.4) is 0 Å². The maximum absolute atomic E-state index is 13.3. The zero-order valence-corrected chi connectivity index (χ0v) is 20.3. The molecule has 10 heteroatoms. The van der Waals surface area contributed by atoms with Crippen LogP contribution < -0.4 is 10.1 Å². The number of hydrogen-bond donors (Lipinski definition) is 1. The van der Waals surface area contributed by atoms with Gasteiger partial charge in [0.05, 0.1) is 17.4 Å². The van der Waals surface area contributed by atoms with E-state index in [0.29, 0.717) is 16.9 Å². The summed E-state index contributed by atoms with van der Waals surface area (Å²) in [5.74, 6) is -0.0882. The summed E-state index contributed by atoms with van der Waals surface area (Å²) < 4.78 is 47.6. The zero-order valence-electron chi connectivity index (χ0n) is 18.7. The fourth-order valence-electron chi connectivity index (χ4n) is 3.27. The molecule has 1 N–H and O–H groups in total. The molecule has 0 spiro atoms. The summed E-state index contributed by atoms with van der Waals surface area (Å²) in [6.07, 6.45) is -4.72. The standard InChI is InChI=1S/C25H20BrF3N4O2/c1-15(2)35-24-31-22(16-5-3-7-18(13-16)25(27,28)29)33(32-24)21-11-9-20(10-12-21)30-23(34)17-6-4-8-19(26)14-17/h3-15H,1-2H3,(H,30,34). The predicted molar refractivity (Wildman–Crippen MR) is 130 cm³/mol. The van der Waals surface area contributed by atoms with E-state index in [0.717, 1.165) is 16.6 Å². The van der Waals surface area contributed by atoms with E-state index in [4.69, 9.17) is 4.74 Å². The lowest BCUT2D eigenvalue weighted by Crippen LogP contribution is -2.12. The van der Waals surface area contributed by atoms with E-state index in [1.54, 1.807) is 56.3 Å². The summed E-state index contributed by atoms with van der Waals surface area (Å²) in [5.41, 5.74) is 1.00. The van der Waals surface area contributed by atoms with Crippen molar-refractivity contribution in [1.29, 1.82) is 0 Å². The topological polar surface area (TPSA) is 69.0 Å². The number of alkyl halides is 3. The molecule has 0 unspecified atom stereocenters. The number of carbonyl (C=O) groups excluding carboxylic acids is 1. The molecule has 0 fully saturated rings. The Morgan fingerprint density at radius 2 is 1.74 bits per heavy atom. The lowest BCUT2D eigenvalue weighted by atomic mass is 10.1. The minimum Gasteiger partial charge on any atom is -0.460 e. The maximum atomic E-state index is 13.3. The zero-order chi connectivity index (χ0) is 25.2. The van der Waals surface area contributed by atoms with Crippen molar-refractivity contribution >= 4 is 27.5 Å². The Morgan fingerprint density at radius 3 is 2.40 bits per heavy atom. The van der Waals surface area contributed by atoms with Crippen molar-refractivity contribution in [3.8, 4) is 23.1 Å². The highest BCUT2D eigenvalue weighted by Crippen LogP contribution is 2.33. The smallest absolute Gasteiger partial charge is 0.416 e. The van der Waals surface area contributed by atoms with Crippen molar-refractivity contribution in [3.63, 3.8) is 0 Å². The van der Waals surface area contributed by atoms with Crippen LogP contribution in [0.2, 0.25) is 0 Å². The van der Waals surface area contributed by atoms with E-state index in [1.165, 1.54) is 16.8 Å². The third-order valence-corrected chi connectivity index (χ3v) is 5.33. The molecular formula is C25H20BrF3N4O2. The number of amides is 1. The molecule has 35 heavy (non-hydrogen) atoms. The average Bonchev–Trinajstić information content (AvgIpc) is 3.22. The number of hydrogen-bond acceptors (Lipinski definition) is 4. The fourth-order valence-corrected chi connectivity index (χ4v) is 3.67. The van der Waals surface area contributed by atoms with Gasteiger partial charge in [0.15, 0.2) is 5.82 Å². The molecule has 1 heterocycles. The highest BCUT2D eigenvalue weighted by molar-refractivity contribution is 9.10. The Labute approximate surface area is 207 Å². The van der Waals surface area contributed by atoms with Crippen LogP contribution in [0.4, 0.5) is 18.9 Å². The van der Waals surface area contributed by atoms with Gasteiger partial charge in [0, 0.05) is 21.3 Å². The minimum atomic E-state index is -4.49. The molecule has 6 nitrogen and oxygen atoms in total. The second-order valence-corrected chi connectivity index (χ2v) is 8.80. The van der Waals surface area contributed by atoms with Gasteiger partial charge < -0.3 is 10.1 Å². The first-order chi connectivity index (χ1) is 16.6. The Morgan fingerprint density at radius 1 is 1.03 bits per heavy atom. The molecule has 0 bridgehead atoms. The van der Waals surface area contributed by atoms with E-state index in [-0.39, 0.29) is 29.4 Å². The SMILES string of the molecule is CC(C)Oc1nc(-c2cccc(C(F)(F)F)c2)n(-c2ccc(NC(=O)c3cccc(Br)c3)cc2)n1. The first-order valence-electron chi connectivity index (χ1n) is 10.6. The molecule has 0 saturated heterocycles. The monoisotopic (exact) mass is 544 g/mol. The summed E-state index contributed by atoms with van der Waals surface area (Å²) in [7, 11) is 0. The van der Waals surface area contributed by atoms with Crippen LogP contribution in [0.25, 0.3) is 17.1 Å². The number of nitrogens with one attached hydrogen (secondary N) is 1. The van der Waals surface area contributed by atoms with Gasteiger partial charge in [0.1, 0.15) is 0 Å². The minimum absolute atomic E-state index is 0.0412. The van der Waals surface area contributed by atoms with Crippen LogP contribution in [-0.4, -0.2) is 26.8 Å². The average molecular weight is 545 g/mol. The number of anilines is 1. The van der Waals surface area contributed by atoms with Gasteiger partial charge in [0.2, 0.25) is 0 Å². The lowest BCUT2D eigenvalue weighted by molar-refractivity contribution is -0.137. The molecule has 1 amide bonds. The molecule has 3 aromatic carbocycles. The first-order valence-corrected chi connectivity index (χ1v) is 11.4. The largest absolute Gasteiger partial charge is 0.460 e. The highest BCUT2D eigenvalue weighted by Gasteiger charge is 2.31. The summed E-state index contributed by atoms with van der Waals surface area (Å²) in [6.45, 7) is 3.60. The Bertz CT molecular complexity index is 1350. The number of ether oxygens (including phenoxy) is 1. The summed E-state index contributed by atoms with van der Waals surface area (Å²) in [6, 6.07) is 18.6. The van der Waals surface area contributed by atoms with Crippen LogP contribution in [0, 0.1) is 0 Å². The van der Waals surface area contributed by atoms with Crippen LogP contribution >= 0.6 is 15.9 Å². The molecule has 1 aromatic heterocycles. The molecular weight excluding hydrogens is 525 g/mol. The number of nitrogens with zero attached hydrogens (tertiary/aromatic N) is 3. The molecule has 0 saturated carbocycles. The lowest BCUT2D eigenvalue weighted by Gasteiger charge is -2.10. The Kier molecular flexibility index (Phi) is 6.93. The third-order valence-electron chi connectivity index (χ3n) is 4.83. The van der Waals surface area contributed by atoms with E-state index < -0.39 is 11.7 Å². The van der Waals surface area contributed by atoms with Gasteiger partial charge in [-0.15, -0.1) is 5.10 Å². The molecule has 4 aromatic rings. The quantitative estimate of drug-likeness (QED) is 0.291. The fraction of sp³-hybridized carbons (Fsp3) is 0.160. The van der Waals surface area contributed by atoms with E-state index in [1.807, 2.05) is 6.07 Å². The van der Waals surface area contributed by atoms with Gasteiger partial charge >= 0.3 is 12.2 Å². The van der Waals surface area contributed by atoms with Gasteiger partial charge in [-0.1, -0.05) is 34.1 Å². The molecule has 0 aliphatic carbocycles. The van der Waals surface area contributed by atoms with Crippen molar-refractivity contribution in [3.05, 3.63) is 88.4 Å². The predicted octanol–water partition coefficient (Wildman–Crippen LogP) is 6.76. The molecule has 0 radical (unpaired) electrons. The Balaban J connectivity index is 1.66.